The number of aromatic nitrogens is 8. The van der Waals surface area contributed by atoms with Crippen LogP contribution in [-0.4, -0.2) is 71.3 Å². The number of nitrogens with zero attached hydrogens (tertiary/aromatic N) is 9. The predicted molar refractivity (Wildman–Crippen MR) is 175 cm³/mol. The van der Waals surface area contributed by atoms with Gasteiger partial charge in [0.25, 0.3) is 0 Å². The molecule has 0 saturated carbocycles. The molecule has 2 amide bonds. The Hall–Kier alpha value is -5.31. The molecule has 0 aliphatic carbocycles. The number of benzene rings is 1. The molecule has 1 aliphatic heterocycles. The molecule has 1 aromatic carbocycles. The molecule has 0 radical (unpaired) electrons. The predicted octanol–water partition coefficient (Wildman–Crippen LogP) is 3.50. The Kier molecular flexibility index (Phi) is 9.78. The molecule has 1 aliphatic rings. The molecule has 5 aromatic rings. The Labute approximate surface area is 269 Å². The molecule has 236 valence electrons. The molecule has 4 aromatic heterocycles. The molecule has 15 heteroatoms. The first-order valence-electron chi connectivity index (χ1n) is 15.1. The lowest BCUT2D eigenvalue weighted by atomic mass is 10.1. The van der Waals surface area contributed by atoms with Gasteiger partial charge in [0.15, 0.2) is 11.6 Å². The Bertz CT molecular complexity index is 1730. The van der Waals surface area contributed by atoms with Crippen molar-refractivity contribution in [1.82, 2.24) is 40.4 Å². The van der Waals surface area contributed by atoms with Gasteiger partial charge in [-0.2, -0.15) is 0 Å². The second-order valence-electron chi connectivity index (χ2n) is 11.1. The Morgan fingerprint density at radius 2 is 1.70 bits per heavy atom. The van der Waals surface area contributed by atoms with Gasteiger partial charge in [-0.1, -0.05) is 52.4 Å². The van der Waals surface area contributed by atoms with Crippen molar-refractivity contribution in [2.45, 2.75) is 51.6 Å². The molecule has 0 spiro atoms. The molecule has 0 atom stereocenters. The lowest BCUT2D eigenvalue weighted by Gasteiger charge is -2.32. The maximum atomic E-state index is 12.5. The summed E-state index contributed by atoms with van der Waals surface area (Å²) in [5.74, 6) is 0.828. The number of pyridine rings is 1. The number of carbonyl (C=O) groups excluding carboxylic acids is 2. The van der Waals surface area contributed by atoms with Crippen molar-refractivity contribution in [3.63, 3.8) is 0 Å². The molecule has 0 unspecified atom stereocenters. The molecule has 0 bridgehead atoms. The number of rotatable bonds is 12. The zero-order chi connectivity index (χ0) is 31.7. The SMILES string of the molecule is Cc1ccc(Cn2cc(CCC(=O)Nc3ccc(N4CCC(Nc5nnc(NC(=O)Cc6ccccn6)s5)CC4)nn3)nn2)cc1. The van der Waals surface area contributed by atoms with Crippen molar-refractivity contribution in [2.24, 2.45) is 0 Å². The number of hydrogen-bond acceptors (Lipinski definition) is 12. The minimum absolute atomic E-state index is 0.158. The minimum atomic E-state index is -0.184. The van der Waals surface area contributed by atoms with E-state index in [4.69, 9.17) is 0 Å². The molecular formula is C31H34N12O2S. The number of aryl methyl sites for hydroxylation is 2. The van der Waals surface area contributed by atoms with E-state index in [0.29, 0.717) is 34.7 Å². The second kappa shape index (κ2) is 14.6. The van der Waals surface area contributed by atoms with Crippen molar-refractivity contribution in [3.05, 3.63) is 89.5 Å². The number of piperidine rings is 1. The van der Waals surface area contributed by atoms with Gasteiger partial charge in [-0.05, 0) is 49.6 Å². The first-order valence-corrected chi connectivity index (χ1v) is 15.9. The van der Waals surface area contributed by atoms with E-state index in [1.165, 1.54) is 16.9 Å². The third-order valence-corrected chi connectivity index (χ3v) is 8.23. The largest absolute Gasteiger partial charge is 0.357 e. The van der Waals surface area contributed by atoms with E-state index in [9.17, 15) is 9.59 Å². The van der Waals surface area contributed by atoms with Crippen LogP contribution in [0.3, 0.4) is 0 Å². The highest BCUT2D eigenvalue weighted by atomic mass is 32.1. The van der Waals surface area contributed by atoms with Crippen LogP contribution in [0.4, 0.5) is 21.9 Å². The van der Waals surface area contributed by atoms with Gasteiger partial charge in [0.2, 0.25) is 22.1 Å². The summed E-state index contributed by atoms with van der Waals surface area (Å²) in [6, 6.07) is 17.6. The van der Waals surface area contributed by atoms with E-state index in [0.717, 1.165) is 43.0 Å². The minimum Gasteiger partial charge on any atom is -0.357 e. The van der Waals surface area contributed by atoms with Gasteiger partial charge >= 0.3 is 0 Å². The van der Waals surface area contributed by atoms with Crippen LogP contribution < -0.4 is 20.9 Å². The molecule has 1 saturated heterocycles. The van der Waals surface area contributed by atoms with Gasteiger partial charge in [0.05, 0.1) is 18.7 Å². The third-order valence-electron chi connectivity index (χ3n) is 7.46. The average Bonchev–Trinajstić information content (AvgIpc) is 3.71. The second-order valence-corrected chi connectivity index (χ2v) is 12.1. The van der Waals surface area contributed by atoms with E-state index in [1.54, 1.807) is 16.9 Å². The molecule has 3 N–H and O–H groups in total. The summed E-state index contributed by atoms with van der Waals surface area (Å²) < 4.78 is 1.78. The smallest absolute Gasteiger partial charge is 0.232 e. The first-order chi connectivity index (χ1) is 22.4. The number of amides is 2. The zero-order valence-corrected chi connectivity index (χ0v) is 26.2. The van der Waals surface area contributed by atoms with Crippen molar-refractivity contribution in [2.75, 3.05) is 33.9 Å². The van der Waals surface area contributed by atoms with Gasteiger partial charge in [-0.15, -0.1) is 25.5 Å². The van der Waals surface area contributed by atoms with Gasteiger partial charge in [-0.25, -0.2) is 4.68 Å². The van der Waals surface area contributed by atoms with E-state index in [-0.39, 0.29) is 30.7 Å². The normalized spacial score (nSPS) is 13.4. The van der Waals surface area contributed by atoms with Crippen LogP contribution >= 0.6 is 11.3 Å². The summed E-state index contributed by atoms with van der Waals surface area (Å²) in [7, 11) is 0. The lowest BCUT2D eigenvalue weighted by Crippen LogP contribution is -2.39. The van der Waals surface area contributed by atoms with Crippen molar-refractivity contribution >= 4 is 45.0 Å². The standard InChI is InChI=1S/C31H34N12O2S/c1-21-5-7-22(8-6-21)19-43-20-25(36-41-43)9-12-28(44)34-26-10-11-27(38-37-26)42-16-13-23(14-17-42)33-30-39-40-31(46-30)35-29(45)18-24-4-2-3-15-32-24/h2-8,10-11,15,20,23H,9,12-14,16-19H2,1H3,(H,33,39)(H,34,37,44)(H,35,40,45). The van der Waals surface area contributed by atoms with Crippen molar-refractivity contribution in [1.29, 1.82) is 0 Å². The van der Waals surface area contributed by atoms with Gasteiger partial charge < -0.3 is 20.9 Å². The van der Waals surface area contributed by atoms with Crippen LogP contribution in [0.15, 0.2) is 67.0 Å². The van der Waals surface area contributed by atoms with Crippen molar-refractivity contribution in [3.8, 4) is 0 Å². The monoisotopic (exact) mass is 638 g/mol. The Morgan fingerprint density at radius 3 is 2.46 bits per heavy atom. The van der Waals surface area contributed by atoms with Gasteiger partial charge in [0.1, 0.15) is 0 Å². The van der Waals surface area contributed by atoms with Crippen LogP contribution in [0.5, 0.6) is 0 Å². The van der Waals surface area contributed by atoms with Crippen LogP contribution in [0.1, 0.15) is 41.8 Å². The molecule has 6 rings (SSSR count). The maximum absolute atomic E-state index is 12.5. The van der Waals surface area contributed by atoms with E-state index >= 15 is 0 Å². The summed E-state index contributed by atoms with van der Waals surface area (Å²) in [4.78, 5) is 31.2. The topological polar surface area (TPSA) is 169 Å². The van der Waals surface area contributed by atoms with Gasteiger partial charge in [0, 0.05) is 50.1 Å². The fraction of sp³-hybridized carbons (Fsp3) is 0.323. The summed E-state index contributed by atoms with van der Waals surface area (Å²) in [5.41, 5.74) is 3.81. The highest BCUT2D eigenvalue weighted by Gasteiger charge is 2.22. The highest BCUT2D eigenvalue weighted by molar-refractivity contribution is 7.19. The van der Waals surface area contributed by atoms with Crippen molar-refractivity contribution < 1.29 is 9.59 Å². The lowest BCUT2D eigenvalue weighted by molar-refractivity contribution is -0.116. The number of carbonyl (C=O) groups is 2. The quantitative estimate of drug-likeness (QED) is 0.183. The first kappa shape index (κ1) is 30.7. The summed E-state index contributed by atoms with van der Waals surface area (Å²) >= 11 is 1.31. The van der Waals surface area contributed by atoms with E-state index in [2.05, 4.69) is 87.7 Å². The third kappa shape index (κ3) is 8.65. The molecule has 1 fully saturated rings. The van der Waals surface area contributed by atoms with Crippen LogP contribution in [0.2, 0.25) is 0 Å². The zero-order valence-electron chi connectivity index (χ0n) is 25.3. The number of anilines is 4. The molecule has 46 heavy (non-hydrogen) atoms. The number of hydrogen-bond donors (Lipinski definition) is 3. The molecular weight excluding hydrogens is 604 g/mol. The van der Waals surface area contributed by atoms with E-state index in [1.807, 2.05) is 30.5 Å². The van der Waals surface area contributed by atoms with Crippen LogP contribution in [0.25, 0.3) is 0 Å². The summed E-state index contributed by atoms with van der Waals surface area (Å²) in [6.45, 7) is 4.26. The highest BCUT2D eigenvalue weighted by Crippen LogP contribution is 2.25. The van der Waals surface area contributed by atoms with Crippen LogP contribution in [-0.2, 0) is 29.0 Å². The maximum Gasteiger partial charge on any atom is 0.232 e. The fourth-order valence-corrected chi connectivity index (χ4v) is 5.75. The number of nitrogens with one attached hydrogen (secondary N) is 3. The van der Waals surface area contributed by atoms with Crippen LogP contribution in [0, 0.1) is 6.92 Å². The van der Waals surface area contributed by atoms with E-state index < -0.39 is 0 Å². The average molecular weight is 639 g/mol. The Morgan fingerprint density at radius 1 is 0.870 bits per heavy atom. The Balaban J connectivity index is 0.901. The summed E-state index contributed by atoms with van der Waals surface area (Å²) in [6.07, 6.45) is 6.20. The summed E-state index contributed by atoms with van der Waals surface area (Å²) in [5, 5.41) is 35.3. The van der Waals surface area contributed by atoms with Gasteiger partial charge in [-0.3, -0.25) is 14.6 Å². The fourth-order valence-electron chi connectivity index (χ4n) is 5.01. The molecule has 5 heterocycles. The molecule has 14 nitrogen and oxygen atoms in total.